The van der Waals surface area contributed by atoms with Crippen LogP contribution in [0.5, 0.6) is 0 Å². The predicted molar refractivity (Wildman–Crippen MR) is 148 cm³/mol. The molecule has 0 saturated carbocycles. The van der Waals surface area contributed by atoms with E-state index in [0.717, 1.165) is 0 Å². The van der Waals surface area contributed by atoms with Gasteiger partial charge in [-0.3, -0.25) is 0 Å². The van der Waals surface area contributed by atoms with Gasteiger partial charge in [0.1, 0.15) is 0 Å². The molecule has 0 heterocycles. The summed E-state index contributed by atoms with van der Waals surface area (Å²) in [7, 11) is 9.53. The molecule has 2 unspecified atom stereocenters. The van der Waals surface area contributed by atoms with E-state index in [2.05, 4.69) is 91.8 Å². The molecule has 0 saturated heterocycles. The van der Waals surface area contributed by atoms with Gasteiger partial charge in [-0.1, -0.05) is 91.8 Å². The molecule has 0 aliphatic carbocycles. The second-order valence-corrected chi connectivity index (χ2v) is 12.0. The monoisotopic (exact) mass is 548 g/mol. The van der Waals surface area contributed by atoms with Crippen molar-refractivity contribution in [1.82, 2.24) is 0 Å². The van der Waals surface area contributed by atoms with E-state index < -0.39 is 0 Å². The Labute approximate surface area is 223 Å². The molecule has 0 amide bonds. The first-order valence-corrected chi connectivity index (χ1v) is 15.3. The van der Waals surface area contributed by atoms with Crippen molar-refractivity contribution in [3.63, 3.8) is 0 Å². The summed E-state index contributed by atoms with van der Waals surface area (Å²) in [5.41, 5.74) is 21.3. The van der Waals surface area contributed by atoms with Crippen molar-refractivity contribution in [1.29, 1.82) is 0 Å². The molecule has 0 aromatic heterocycles. The van der Waals surface area contributed by atoms with E-state index in [-0.39, 0.29) is 25.2 Å². The Hall–Kier alpha value is -0.581. The van der Waals surface area contributed by atoms with E-state index in [1.54, 1.807) is 0 Å². The van der Waals surface area contributed by atoms with Crippen molar-refractivity contribution in [3.05, 3.63) is 75.1 Å². The van der Waals surface area contributed by atoms with Crippen LogP contribution in [-0.2, 0) is 13.1 Å². The zero-order valence-corrected chi connectivity index (χ0v) is 24.7. The van der Waals surface area contributed by atoms with Crippen molar-refractivity contribution < 1.29 is 13.1 Å². The molecular formula is C28H44Cl2FeN3. The molecule has 0 spiro atoms. The van der Waals surface area contributed by atoms with Gasteiger partial charge < -0.3 is 16.8 Å². The first kappa shape index (κ1) is 31.4. The van der Waals surface area contributed by atoms with Crippen LogP contribution < -0.4 is 11.5 Å². The van der Waals surface area contributed by atoms with Gasteiger partial charge in [-0.2, -0.15) is 0 Å². The van der Waals surface area contributed by atoms with E-state index in [1.165, 1.54) is 33.4 Å². The maximum atomic E-state index is 6.72. The summed E-state index contributed by atoms with van der Waals surface area (Å²) >= 11 is 0.194. The van der Waals surface area contributed by atoms with Crippen LogP contribution in [0.1, 0.15) is 125 Å². The SMILES string of the molecule is CC(C)c1cccc(C(C)C)c1C(N)C[N-]CC(N)c1c(C(C)C)cccc1C(C)C.[Cl][Fe+][Cl]. The zero-order chi connectivity index (χ0) is 26.0. The molecule has 34 heavy (non-hydrogen) atoms. The van der Waals surface area contributed by atoms with Crippen molar-refractivity contribution in [3.8, 4) is 0 Å². The van der Waals surface area contributed by atoms with E-state index in [0.29, 0.717) is 36.8 Å². The van der Waals surface area contributed by atoms with E-state index in [4.69, 9.17) is 37.0 Å². The van der Waals surface area contributed by atoms with Crippen LogP contribution in [-0.4, -0.2) is 13.1 Å². The van der Waals surface area contributed by atoms with Gasteiger partial charge in [-0.05, 0) is 57.1 Å². The number of nitrogens with zero attached hydrogens (tertiary/aromatic N) is 1. The standard InChI is InChI=1S/C28H44N3.2ClH.Fe/c1-17(2)21-11-9-12-22(18(3)4)27(21)25(29)15-31-16-26(30)28-23(19(5)6)13-10-14-24(28)20(7)8;;;/h9-14,17-20,25-26H,15-16,29-30H2,1-8H3;2*1H;/q-1;;;+3/p-2. The molecule has 4 N–H and O–H groups in total. The molecule has 2 rings (SSSR count). The van der Waals surface area contributed by atoms with Gasteiger partial charge in [-0.25, -0.2) is 0 Å². The average molecular weight is 549 g/mol. The van der Waals surface area contributed by atoms with Crippen LogP contribution in [0.3, 0.4) is 0 Å². The molecule has 0 aliphatic heterocycles. The molecular weight excluding hydrogens is 505 g/mol. The van der Waals surface area contributed by atoms with Crippen LogP contribution in [0.15, 0.2) is 36.4 Å². The molecule has 3 nitrogen and oxygen atoms in total. The van der Waals surface area contributed by atoms with Crippen LogP contribution >= 0.6 is 20.2 Å². The third kappa shape index (κ3) is 8.82. The molecule has 6 heteroatoms. The zero-order valence-electron chi connectivity index (χ0n) is 22.1. The van der Waals surface area contributed by atoms with E-state index in [1.807, 2.05) is 0 Å². The van der Waals surface area contributed by atoms with Gasteiger partial charge >= 0.3 is 33.3 Å². The fraction of sp³-hybridized carbons (Fsp3) is 0.571. The number of nitrogens with two attached hydrogens (primary N) is 2. The molecule has 193 valence electrons. The van der Waals surface area contributed by atoms with E-state index >= 15 is 0 Å². The quantitative estimate of drug-likeness (QED) is 0.292. The van der Waals surface area contributed by atoms with Gasteiger partial charge in [0.15, 0.2) is 0 Å². The Bertz CT molecular complexity index is 747. The fourth-order valence-electron chi connectivity index (χ4n) is 4.61. The molecule has 0 aliphatic rings. The Morgan fingerprint density at radius 3 is 1.06 bits per heavy atom. The topological polar surface area (TPSA) is 66.1 Å². The van der Waals surface area contributed by atoms with Crippen LogP contribution in [0.2, 0.25) is 0 Å². The Morgan fingerprint density at radius 1 is 0.618 bits per heavy atom. The number of benzene rings is 2. The van der Waals surface area contributed by atoms with Gasteiger partial charge in [0, 0.05) is 12.1 Å². The number of rotatable bonds is 10. The Morgan fingerprint density at radius 2 is 0.853 bits per heavy atom. The molecule has 0 radical (unpaired) electrons. The molecule has 0 bridgehead atoms. The van der Waals surface area contributed by atoms with Gasteiger partial charge in [0.25, 0.3) is 0 Å². The summed E-state index contributed by atoms with van der Waals surface area (Å²) in [4.78, 5) is 0. The Balaban J connectivity index is 0.00000182. The summed E-state index contributed by atoms with van der Waals surface area (Å²) in [5.74, 6) is 1.75. The number of halogens is 2. The number of hydrogen-bond acceptors (Lipinski definition) is 2. The van der Waals surface area contributed by atoms with Crippen molar-refractivity contribution in [2.24, 2.45) is 11.5 Å². The number of hydrogen-bond donors (Lipinski definition) is 2. The first-order chi connectivity index (χ1) is 16.0. The van der Waals surface area contributed by atoms with Crippen molar-refractivity contribution in [2.75, 3.05) is 13.1 Å². The van der Waals surface area contributed by atoms with Crippen LogP contribution in [0, 0.1) is 0 Å². The second-order valence-electron chi connectivity index (χ2n) is 10.2. The Kier molecular flexibility index (Phi) is 14.4. The van der Waals surface area contributed by atoms with Crippen LogP contribution in [0.4, 0.5) is 0 Å². The molecule has 2 aromatic rings. The third-order valence-corrected chi connectivity index (χ3v) is 6.23. The molecule has 2 aromatic carbocycles. The maximum absolute atomic E-state index is 6.72. The third-order valence-electron chi connectivity index (χ3n) is 6.23. The predicted octanol–water partition coefficient (Wildman–Crippen LogP) is 8.63. The van der Waals surface area contributed by atoms with Gasteiger partial charge in [-0.15, -0.1) is 13.1 Å². The fourth-order valence-corrected chi connectivity index (χ4v) is 4.61. The van der Waals surface area contributed by atoms with Crippen molar-refractivity contribution >= 4 is 20.2 Å². The summed E-state index contributed by atoms with van der Waals surface area (Å²) in [5, 5.41) is 4.88. The minimum atomic E-state index is -0.104. The first-order valence-electron chi connectivity index (χ1n) is 12.2. The van der Waals surface area contributed by atoms with Gasteiger partial charge in [0.2, 0.25) is 0 Å². The summed E-state index contributed by atoms with van der Waals surface area (Å²) in [6.45, 7) is 19.1. The van der Waals surface area contributed by atoms with E-state index in [9.17, 15) is 0 Å². The normalized spacial score (nSPS) is 13.4. The minimum absolute atomic E-state index is 0.104. The molecule has 0 fully saturated rings. The van der Waals surface area contributed by atoms with Crippen LogP contribution in [0.25, 0.3) is 5.32 Å². The average Bonchev–Trinajstić information content (AvgIpc) is 2.78. The molecule has 2 atom stereocenters. The summed E-state index contributed by atoms with van der Waals surface area (Å²) < 4.78 is 0. The second kappa shape index (κ2) is 15.5. The summed E-state index contributed by atoms with van der Waals surface area (Å²) in [6, 6.07) is 13.0. The van der Waals surface area contributed by atoms with Gasteiger partial charge in [0.05, 0.1) is 0 Å². The summed E-state index contributed by atoms with van der Waals surface area (Å²) in [6.07, 6.45) is 0. The van der Waals surface area contributed by atoms with Crippen molar-refractivity contribution in [2.45, 2.75) is 91.1 Å².